The van der Waals surface area contributed by atoms with Crippen LogP contribution in [-0.4, -0.2) is 30.2 Å². The molecule has 1 aromatic heterocycles. The van der Waals surface area contributed by atoms with Gasteiger partial charge in [-0.15, -0.1) is 0 Å². The van der Waals surface area contributed by atoms with E-state index in [0.717, 1.165) is 18.7 Å². The van der Waals surface area contributed by atoms with Crippen LogP contribution >= 0.6 is 11.6 Å². The van der Waals surface area contributed by atoms with Crippen molar-refractivity contribution in [1.29, 1.82) is 0 Å². The van der Waals surface area contributed by atoms with Gasteiger partial charge in [0.2, 0.25) is 0 Å². The minimum atomic E-state index is 0.352. The number of methoxy groups -OCH3 is 1. The van der Waals surface area contributed by atoms with E-state index in [-0.39, 0.29) is 0 Å². The van der Waals surface area contributed by atoms with Crippen molar-refractivity contribution in [3.8, 4) is 5.75 Å². The Labute approximate surface area is 102 Å². The first-order valence-corrected chi connectivity index (χ1v) is 5.80. The normalized spacial score (nSPS) is 10.6. The number of hydrogen-bond acceptors (Lipinski definition) is 4. The highest BCUT2D eigenvalue weighted by atomic mass is 35.5. The molecule has 0 bridgehead atoms. The first kappa shape index (κ1) is 13.0. The van der Waals surface area contributed by atoms with Gasteiger partial charge in [-0.3, -0.25) is 0 Å². The summed E-state index contributed by atoms with van der Waals surface area (Å²) in [5.74, 6) is 1.29. The second-order valence-corrected chi connectivity index (χ2v) is 3.96. The van der Waals surface area contributed by atoms with Crippen LogP contribution in [-0.2, 0) is 0 Å². The summed E-state index contributed by atoms with van der Waals surface area (Å²) in [5.41, 5.74) is 0. The Kier molecular flexibility index (Phi) is 4.80. The molecule has 0 aliphatic heterocycles. The van der Waals surface area contributed by atoms with Crippen molar-refractivity contribution < 1.29 is 4.74 Å². The summed E-state index contributed by atoms with van der Waals surface area (Å²) in [6.07, 6.45) is 3.56. The summed E-state index contributed by atoms with van der Waals surface area (Å²) in [6, 6.07) is 0.430. The average Bonchev–Trinajstić information content (AvgIpc) is 2.30. The van der Waals surface area contributed by atoms with Crippen LogP contribution in [0.1, 0.15) is 26.7 Å². The third-order valence-electron chi connectivity index (χ3n) is 2.77. The van der Waals surface area contributed by atoms with Crippen LogP contribution in [0.25, 0.3) is 0 Å². The lowest BCUT2D eigenvalue weighted by Crippen LogP contribution is -2.31. The number of aromatic nitrogens is 2. The van der Waals surface area contributed by atoms with Gasteiger partial charge in [0.1, 0.15) is 6.33 Å². The van der Waals surface area contributed by atoms with Gasteiger partial charge in [0.05, 0.1) is 7.11 Å². The van der Waals surface area contributed by atoms with E-state index in [2.05, 4.69) is 28.7 Å². The minimum Gasteiger partial charge on any atom is -0.490 e. The van der Waals surface area contributed by atoms with E-state index >= 15 is 0 Å². The molecular formula is C11H18ClN3O. The first-order valence-electron chi connectivity index (χ1n) is 5.42. The van der Waals surface area contributed by atoms with Gasteiger partial charge in [-0.05, 0) is 12.8 Å². The van der Waals surface area contributed by atoms with E-state index in [9.17, 15) is 0 Å². The summed E-state index contributed by atoms with van der Waals surface area (Å²) in [6.45, 7) is 4.31. The summed E-state index contributed by atoms with van der Waals surface area (Å²) in [4.78, 5) is 10.2. The fraction of sp³-hybridized carbons (Fsp3) is 0.636. The molecule has 5 heteroatoms. The molecule has 1 aromatic rings. The molecule has 0 amide bonds. The Balaban J connectivity index is 3.07. The van der Waals surface area contributed by atoms with Crippen molar-refractivity contribution >= 4 is 17.4 Å². The van der Waals surface area contributed by atoms with E-state index in [4.69, 9.17) is 16.3 Å². The molecule has 0 atom stereocenters. The first-order chi connectivity index (χ1) is 7.65. The quantitative estimate of drug-likeness (QED) is 0.746. The summed E-state index contributed by atoms with van der Waals surface area (Å²) < 4.78 is 5.24. The standard InChI is InChI=1S/C11H18ClN3O/c1-5-8(6-2)15(3)11-9(16-4)10(12)13-7-14-11/h7-8H,5-6H2,1-4H3. The topological polar surface area (TPSA) is 38.2 Å². The maximum atomic E-state index is 5.96. The van der Waals surface area contributed by atoms with Crippen LogP contribution in [0.2, 0.25) is 5.15 Å². The summed E-state index contributed by atoms with van der Waals surface area (Å²) >= 11 is 5.96. The smallest absolute Gasteiger partial charge is 0.199 e. The lowest BCUT2D eigenvalue weighted by Gasteiger charge is -2.28. The van der Waals surface area contributed by atoms with Crippen molar-refractivity contribution in [2.45, 2.75) is 32.7 Å². The van der Waals surface area contributed by atoms with Gasteiger partial charge in [0.15, 0.2) is 16.7 Å². The highest BCUT2D eigenvalue weighted by Gasteiger charge is 2.19. The fourth-order valence-corrected chi connectivity index (χ4v) is 1.99. The zero-order valence-electron chi connectivity index (χ0n) is 10.2. The highest BCUT2D eigenvalue weighted by Crippen LogP contribution is 2.32. The Morgan fingerprint density at radius 3 is 2.50 bits per heavy atom. The molecule has 0 radical (unpaired) electrons. The van der Waals surface area contributed by atoms with Gasteiger partial charge >= 0.3 is 0 Å². The second kappa shape index (κ2) is 5.89. The van der Waals surface area contributed by atoms with Crippen LogP contribution < -0.4 is 9.64 Å². The molecule has 1 heterocycles. The number of anilines is 1. The van der Waals surface area contributed by atoms with Crippen LogP contribution in [0, 0.1) is 0 Å². The Morgan fingerprint density at radius 2 is 2.00 bits per heavy atom. The van der Waals surface area contributed by atoms with Gasteiger partial charge in [0.25, 0.3) is 0 Å². The summed E-state index contributed by atoms with van der Waals surface area (Å²) in [5, 5.41) is 0.352. The second-order valence-electron chi connectivity index (χ2n) is 3.60. The molecule has 0 spiro atoms. The molecule has 0 aromatic carbocycles. The lowest BCUT2D eigenvalue weighted by atomic mass is 10.1. The maximum absolute atomic E-state index is 5.96. The molecule has 0 fully saturated rings. The molecule has 0 unspecified atom stereocenters. The third-order valence-corrected chi connectivity index (χ3v) is 3.04. The SMILES string of the molecule is CCC(CC)N(C)c1ncnc(Cl)c1OC. The van der Waals surface area contributed by atoms with Crippen LogP contribution in [0.15, 0.2) is 6.33 Å². The monoisotopic (exact) mass is 243 g/mol. The molecule has 16 heavy (non-hydrogen) atoms. The van der Waals surface area contributed by atoms with Crippen molar-refractivity contribution in [2.75, 3.05) is 19.1 Å². The third kappa shape index (κ3) is 2.55. The van der Waals surface area contributed by atoms with Gasteiger partial charge in [-0.2, -0.15) is 0 Å². The van der Waals surface area contributed by atoms with Crippen molar-refractivity contribution in [1.82, 2.24) is 9.97 Å². The molecule has 4 nitrogen and oxygen atoms in total. The van der Waals surface area contributed by atoms with Gasteiger partial charge in [-0.25, -0.2) is 9.97 Å². The Bertz CT molecular complexity index is 342. The van der Waals surface area contributed by atoms with Crippen molar-refractivity contribution in [3.05, 3.63) is 11.5 Å². The minimum absolute atomic E-state index is 0.352. The number of rotatable bonds is 5. The van der Waals surface area contributed by atoms with Crippen molar-refractivity contribution in [3.63, 3.8) is 0 Å². The molecule has 90 valence electrons. The predicted molar refractivity (Wildman–Crippen MR) is 66.4 cm³/mol. The molecule has 0 aliphatic carbocycles. The lowest BCUT2D eigenvalue weighted by molar-refractivity contribution is 0.408. The Morgan fingerprint density at radius 1 is 1.38 bits per heavy atom. The van der Waals surface area contributed by atoms with Crippen LogP contribution in [0.5, 0.6) is 5.75 Å². The zero-order valence-corrected chi connectivity index (χ0v) is 11.0. The maximum Gasteiger partial charge on any atom is 0.199 e. The summed E-state index contributed by atoms with van der Waals surface area (Å²) in [7, 11) is 3.58. The molecule has 0 N–H and O–H groups in total. The fourth-order valence-electron chi connectivity index (χ4n) is 1.78. The molecule has 0 saturated heterocycles. The predicted octanol–water partition coefficient (Wildman–Crippen LogP) is 2.76. The van der Waals surface area contributed by atoms with Gasteiger partial charge < -0.3 is 9.64 Å². The van der Waals surface area contributed by atoms with E-state index in [1.54, 1.807) is 7.11 Å². The number of nitrogens with zero attached hydrogens (tertiary/aromatic N) is 3. The van der Waals surface area contributed by atoms with Gasteiger partial charge in [-0.1, -0.05) is 25.4 Å². The molecule has 0 aliphatic rings. The Hall–Kier alpha value is -1.03. The van der Waals surface area contributed by atoms with Crippen molar-refractivity contribution in [2.24, 2.45) is 0 Å². The number of ether oxygens (including phenoxy) is 1. The van der Waals surface area contributed by atoms with E-state index in [1.807, 2.05) is 7.05 Å². The average molecular weight is 244 g/mol. The van der Waals surface area contributed by atoms with Gasteiger partial charge in [0, 0.05) is 13.1 Å². The van der Waals surface area contributed by atoms with Crippen LogP contribution in [0.3, 0.4) is 0 Å². The van der Waals surface area contributed by atoms with E-state index in [0.29, 0.717) is 16.9 Å². The number of halogens is 1. The number of hydrogen-bond donors (Lipinski definition) is 0. The zero-order chi connectivity index (χ0) is 12.1. The largest absolute Gasteiger partial charge is 0.490 e. The van der Waals surface area contributed by atoms with E-state index < -0.39 is 0 Å². The molecular weight excluding hydrogens is 226 g/mol. The van der Waals surface area contributed by atoms with Crippen LogP contribution in [0.4, 0.5) is 5.82 Å². The molecule has 0 saturated carbocycles. The van der Waals surface area contributed by atoms with E-state index in [1.165, 1.54) is 6.33 Å². The highest BCUT2D eigenvalue weighted by molar-refractivity contribution is 6.31. The molecule has 1 rings (SSSR count).